The molecule has 3 aromatic rings. The number of carbonyl (C=O) groups excluding carboxylic acids is 1. The van der Waals surface area contributed by atoms with E-state index in [1.54, 1.807) is 10.9 Å². The molecule has 1 unspecified atom stereocenters. The van der Waals surface area contributed by atoms with Gasteiger partial charge in [0.1, 0.15) is 5.69 Å². The number of carbonyl (C=O) groups is 1. The third kappa shape index (κ3) is 2.30. The van der Waals surface area contributed by atoms with E-state index in [-0.39, 0.29) is 11.9 Å². The lowest BCUT2D eigenvalue weighted by Gasteiger charge is -2.10. The zero-order chi connectivity index (χ0) is 14.1. The molecule has 0 radical (unpaired) electrons. The van der Waals surface area contributed by atoms with Gasteiger partial charge in [-0.05, 0) is 19.1 Å². The Labute approximate surface area is 116 Å². The summed E-state index contributed by atoms with van der Waals surface area (Å²) in [4.78, 5) is 15.4. The molecule has 0 saturated heterocycles. The summed E-state index contributed by atoms with van der Waals surface area (Å²) < 4.78 is 1.72. The third-order valence-electron chi connectivity index (χ3n) is 3.35. The normalized spacial score (nSPS) is 12.5. The van der Waals surface area contributed by atoms with Gasteiger partial charge in [-0.1, -0.05) is 18.2 Å². The molecule has 2 aromatic heterocycles. The van der Waals surface area contributed by atoms with Crippen molar-refractivity contribution in [2.75, 3.05) is 0 Å². The van der Waals surface area contributed by atoms with Gasteiger partial charge in [0.2, 0.25) is 0 Å². The van der Waals surface area contributed by atoms with E-state index in [0.29, 0.717) is 5.69 Å². The maximum atomic E-state index is 12.2. The molecule has 0 fully saturated rings. The number of hydrogen-bond donors (Lipinski definition) is 2. The molecule has 0 aliphatic heterocycles. The predicted molar refractivity (Wildman–Crippen MR) is 77.4 cm³/mol. The lowest BCUT2D eigenvalue weighted by atomic mass is 10.2. The van der Waals surface area contributed by atoms with Crippen molar-refractivity contribution in [2.45, 2.75) is 13.0 Å². The first kappa shape index (κ1) is 12.5. The van der Waals surface area contributed by atoms with Crippen LogP contribution in [0.15, 0.2) is 42.7 Å². The molecule has 5 nitrogen and oxygen atoms in total. The van der Waals surface area contributed by atoms with Crippen molar-refractivity contribution in [3.8, 4) is 0 Å². The van der Waals surface area contributed by atoms with Crippen LogP contribution in [0.5, 0.6) is 0 Å². The van der Waals surface area contributed by atoms with E-state index in [1.807, 2.05) is 50.5 Å². The Kier molecular flexibility index (Phi) is 3.02. The number of amides is 1. The summed E-state index contributed by atoms with van der Waals surface area (Å²) in [6.07, 6.45) is 3.66. The van der Waals surface area contributed by atoms with Crippen molar-refractivity contribution < 1.29 is 4.79 Å². The molecule has 0 saturated carbocycles. The van der Waals surface area contributed by atoms with Crippen LogP contribution in [0.3, 0.4) is 0 Å². The number of aryl methyl sites for hydroxylation is 1. The Morgan fingerprint density at radius 2 is 2.20 bits per heavy atom. The second-order valence-corrected chi connectivity index (χ2v) is 4.91. The molecule has 2 heterocycles. The third-order valence-corrected chi connectivity index (χ3v) is 3.35. The van der Waals surface area contributed by atoms with Gasteiger partial charge in [0.15, 0.2) is 0 Å². The van der Waals surface area contributed by atoms with Crippen LogP contribution in [0.25, 0.3) is 10.9 Å². The average molecular weight is 268 g/mol. The molecule has 5 heteroatoms. The quantitative estimate of drug-likeness (QED) is 0.766. The summed E-state index contributed by atoms with van der Waals surface area (Å²) in [5.74, 6) is -0.113. The summed E-state index contributed by atoms with van der Waals surface area (Å²) in [5.41, 5.74) is 2.52. The number of aromatic nitrogens is 3. The van der Waals surface area contributed by atoms with Gasteiger partial charge in [0.25, 0.3) is 5.91 Å². The maximum absolute atomic E-state index is 12.2. The smallest absolute Gasteiger partial charge is 0.268 e. The van der Waals surface area contributed by atoms with Crippen molar-refractivity contribution >= 4 is 16.8 Å². The highest BCUT2D eigenvalue weighted by atomic mass is 16.1. The van der Waals surface area contributed by atoms with Crippen molar-refractivity contribution in [1.82, 2.24) is 20.1 Å². The van der Waals surface area contributed by atoms with Gasteiger partial charge < -0.3 is 10.3 Å². The summed E-state index contributed by atoms with van der Waals surface area (Å²) in [5, 5.41) is 8.11. The van der Waals surface area contributed by atoms with E-state index >= 15 is 0 Å². The van der Waals surface area contributed by atoms with E-state index in [0.717, 1.165) is 16.5 Å². The van der Waals surface area contributed by atoms with Crippen LogP contribution < -0.4 is 5.32 Å². The van der Waals surface area contributed by atoms with Crippen molar-refractivity contribution in [3.05, 3.63) is 54.0 Å². The standard InChI is InChI=1S/C15H16N4O/c1-10(12-8-16-19(2)9-12)17-15(20)14-7-11-5-3-4-6-13(11)18-14/h3-10,18H,1-2H3,(H,17,20). The second kappa shape index (κ2) is 4.85. The first-order valence-corrected chi connectivity index (χ1v) is 6.50. The lowest BCUT2D eigenvalue weighted by molar-refractivity contribution is 0.0935. The number of aromatic amines is 1. The highest BCUT2D eigenvalue weighted by Gasteiger charge is 2.14. The Hall–Kier alpha value is -2.56. The highest BCUT2D eigenvalue weighted by Crippen LogP contribution is 2.16. The van der Waals surface area contributed by atoms with Gasteiger partial charge in [-0.15, -0.1) is 0 Å². The maximum Gasteiger partial charge on any atom is 0.268 e. The SMILES string of the molecule is CC(NC(=O)c1cc2ccccc2[nH]1)c1cnn(C)c1. The van der Waals surface area contributed by atoms with Crippen LogP contribution >= 0.6 is 0 Å². The van der Waals surface area contributed by atoms with E-state index in [2.05, 4.69) is 15.4 Å². The van der Waals surface area contributed by atoms with Gasteiger partial charge in [0.05, 0.1) is 12.2 Å². The van der Waals surface area contributed by atoms with Gasteiger partial charge in [-0.3, -0.25) is 9.48 Å². The van der Waals surface area contributed by atoms with E-state index < -0.39 is 0 Å². The number of rotatable bonds is 3. The van der Waals surface area contributed by atoms with E-state index in [1.165, 1.54) is 0 Å². The lowest BCUT2D eigenvalue weighted by Crippen LogP contribution is -2.26. The van der Waals surface area contributed by atoms with Gasteiger partial charge in [-0.2, -0.15) is 5.10 Å². The van der Waals surface area contributed by atoms with E-state index in [4.69, 9.17) is 0 Å². The number of para-hydroxylation sites is 1. The Morgan fingerprint density at radius 1 is 1.40 bits per heavy atom. The zero-order valence-corrected chi connectivity index (χ0v) is 11.4. The molecule has 20 heavy (non-hydrogen) atoms. The molecule has 0 bridgehead atoms. The molecular weight excluding hydrogens is 252 g/mol. The van der Waals surface area contributed by atoms with Crippen molar-refractivity contribution in [1.29, 1.82) is 0 Å². The monoisotopic (exact) mass is 268 g/mol. The summed E-state index contributed by atoms with van der Waals surface area (Å²) in [6, 6.07) is 9.61. The predicted octanol–water partition coefficient (Wildman–Crippen LogP) is 2.39. The van der Waals surface area contributed by atoms with Crippen LogP contribution in [0.2, 0.25) is 0 Å². The fourth-order valence-electron chi connectivity index (χ4n) is 2.22. The molecule has 0 aliphatic carbocycles. The summed E-state index contributed by atoms with van der Waals surface area (Å²) in [7, 11) is 1.86. The second-order valence-electron chi connectivity index (χ2n) is 4.91. The summed E-state index contributed by atoms with van der Waals surface area (Å²) >= 11 is 0. The van der Waals surface area contributed by atoms with Crippen molar-refractivity contribution in [3.63, 3.8) is 0 Å². The number of benzene rings is 1. The first-order chi connectivity index (χ1) is 9.63. The topological polar surface area (TPSA) is 62.7 Å². The molecule has 1 aromatic carbocycles. The fraction of sp³-hybridized carbons (Fsp3) is 0.200. The van der Waals surface area contributed by atoms with Gasteiger partial charge in [-0.25, -0.2) is 0 Å². The number of nitrogens with zero attached hydrogens (tertiary/aromatic N) is 2. The number of fused-ring (bicyclic) bond motifs is 1. The Bertz CT molecular complexity index is 723. The van der Waals surface area contributed by atoms with Crippen LogP contribution in [-0.4, -0.2) is 20.7 Å². The van der Waals surface area contributed by atoms with Gasteiger partial charge in [0, 0.05) is 29.7 Å². The number of nitrogens with one attached hydrogen (secondary N) is 2. The molecular formula is C15H16N4O. The Balaban J connectivity index is 1.78. The molecule has 0 spiro atoms. The first-order valence-electron chi connectivity index (χ1n) is 6.50. The minimum atomic E-state index is -0.113. The van der Waals surface area contributed by atoms with Crippen LogP contribution in [0, 0.1) is 0 Å². The molecule has 0 aliphatic rings. The van der Waals surface area contributed by atoms with Crippen LogP contribution in [0.1, 0.15) is 29.0 Å². The average Bonchev–Trinajstić information content (AvgIpc) is 3.04. The minimum Gasteiger partial charge on any atom is -0.351 e. The highest BCUT2D eigenvalue weighted by molar-refractivity contribution is 5.98. The molecule has 102 valence electrons. The minimum absolute atomic E-state index is 0.0809. The van der Waals surface area contributed by atoms with Crippen molar-refractivity contribution in [2.24, 2.45) is 7.05 Å². The Morgan fingerprint density at radius 3 is 2.90 bits per heavy atom. The molecule has 3 rings (SSSR count). The van der Waals surface area contributed by atoms with Crippen LogP contribution in [-0.2, 0) is 7.05 Å². The van der Waals surface area contributed by atoms with Gasteiger partial charge >= 0.3 is 0 Å². The van der Waals surface area contributed by atoms with Crippen LogP contribution in [0.4, 0.5) is 0 Å². The van der Waals surface area contributed by atoms with E-state index in [9.17, 15) is 4.79 Å². The zero-order valence-electron chi connectivity index (χ0n) is 11.4. The summed E-state index contributed by atoms with van der Waals surface area (Å²) in [6.45, 7) is 1.94. The number of H-pyrrole nitrogens is 1. The molecule has 1 amide bonds. The molecule has 1 atom stereocenters. The number of hydrogen-bond acceptors (Lipinski definition) is 2. The molecule has 2 N–H and O–H groups in total. The largest absolute Gasteiger partial charge is 0.351 e. The fourth-order valence-corrected chi connectivity index (χ4v) is 2.22.